The molecule has 5 N–H and O–H groups in total. The predicted octanol–water partition coefficient (Wildman–Crippen LogP) is 4.79. The Morgan fingerprint density at radius 3 is 2.09 bits per heavy atom. The first-order valence-corrected chi connectivity index (χ1v) is 14.2. The van der Waals surface area contributed by atoms with Gasteiger partial charge in [0.2, 0.25) is 0 Å². The second-order valence-electron chi connectivity index (χ2n) is 11.0. The highest BCUT2D eigenvalue weighted by molar-refractivity contribution is 8.19. The van der Waals surface area contributed by atoms with Crippen LogP contribution in [0.15, 0.2) is 16.0 Å². The average molecular weight is 523 g/mol. The fourth-order valence-electron chi connectivity index (χ4n) is 5.27. The van der Waals surface area contributed by atoms with Crippen molar-refractivity contribution in [2.24, 2.45) is 5.41 Å². The first kappa shape index (κ1) is 25.8. The van der Waals surface area contributed by atoms with Gasteiger partial charge in [-0.25, -0.2) is 23.3 Å². The Morgan fingerprint density at radius 1 is 1.09 bits per heavy atom. The Morgan fingerprint density at radius 2 is 1.63 bits per heavy atom. The van der Waals surface area contributed by atoms with Crippen molar-refractivity contribution >= 4 is 39.5 Å². The summed E-state index contributed by atoms with van der Waals surface area (Å²) >= 11 is 0.905. The van der Waals surface area contributed by atoms with Crippen LogP contribution in [-0.2, 0) is 35.6 Å². The van der Waals surface area contributed by atoms with Gasteiger partial charge in [-0.05, 0) is 74.6 Å². The summed E-state index contributed by atoms with van der Waals surface area (Å²) in [6.07, 6.45) is 4.21. The molecule has 1 heterocycles. The molecule has 11 heteroatoms. The molecule has 4 rings (SSSR count). The number of carbonyl (C=O) groups excluding carboxylic acids is 1. The minimum atomic E-state index is -3.98. The summed E-state index contributed by atoms with van der Waals surface area (Å²) in [5.41, 5.74) is 3.75. The number of rotatable bonds is 4. The molecule has 2 unspecified atom stereocenters. The zero-order chi connectivity index (χ0) is 25.9. The summed E-state index contributed by atoms with van der Waals surface area (Å²) in [4.78, 5) is 26.7. The van der Waals surface area contributed by atoms with Crippen LogP contribution in [0.2, 0.25) is 0 Å². The summed E-state index contributed by atoms with van der Waals surface area (Å²) in [6.45, 7) is 8.52. The average Bonchev–Trinajstić information content (AvgIpc) is 3.42. The second-order valence-corrected chi connectivity index (χ2v) is 14.1. The third kappa shape index (κ3) is 4.77. The van der Waals surface area contributed by atoms with E-state index in [0.29, 0.717) is 0 Å². The van der Waals surface area contributed by atoms with E-state index in [1.165, 1.54) is 16.0 Å². The van der Waals surface area contributed by atoms with E-state index < -0.39 is 38.4 Å². The molecule has 9 nitrogen and oxygen atoms in total. The number of nitrogens with one attached hydrogen (secondary N) is 3. The van der Waals surface area contributed by atoms with Crippen molar-refractivity contribution in [2.45, 2.75) is 84.1 Å². The van der Waals surface area contributed by atoms with Crippen molar-refractivity contribution in [1.29, 1.82) is 4.78 Å². The molecule has 0 saturated carbocycles. The van der Waals surface area contributed by atoms with Gasteiger partial charge < -0.3 is 15.5 Å². The Kier molecular flexibility index (Phi) is 6.43. The number of urea groups is 1. The summed E-state index contributed by atoms with van der Waals surface area (Å²) in [7, 11) is -3.98. The Bertz CT molecular complexity index is 1190. The summed E-state index contributed by atoms with van der Waals surface area (Å²) < 4.78 is 23.3. The van der Waals surface area contributed by atoms with Crippen LogP contribution in [0, 0.1) is 10.2 Å². The molecular weight excluding hydrogens is 488 g/mol. The fraction of sp³-hybridized carbons (Fsp3) is 0.583. The van der Waals surface area contributed by atoms with Gasteiger partial charge in [0.25, 0.3) is 0 Å². The number of carboxylic acid groups (broad SMARTS) is 1. The topological polar surface area (TPSA) is 143 Å². The smallest absolute Gasteiger partial charge is 0.417 e. The molecule has 1 aromatic rings. The molecule has 2 aliphatic carbocycles. The number of anilines is 1. The molecule has 0 saturated heterocycles. The number of hydrogen-bond donors (Lipinski definition) is 5. The predicted molar refractivity (Wildman–Crippen MR) is 138 cm³/mol. The van der Waals surface area contributed by atoms with Gasteiger partial charge in [-0.15, -0.1) is 0 Å². The number of aliphatic hydroxyl groups is 1. The lowest BCUT2D eigenvalue weighted by Gasteiger charge is -2.38. The molecular formula is C24H34N4O5S2. The maximum atomic E-state index is 14.0. The van der Waals surface area contributed by atoms with Crippen molar-refractivity contribution in [3.05, 3.63) is 38.3 Å². The van der Waals surface area contributed by atoms with E-state index in [2.05, 4.69) is 11.4 Å². The minimum Gasteiger partial charge on any atom is -0.464 e. The van der Waals surface area contributed by atoms with Crippen molar-refractivity contribution < 1.29 is 24.0 Å². The quantitative estimate of drug-likeness (QED) is 0.385. The third-order valence-corrected chi connectivity index (χ3v) is 10.2. The molecule has 1 aromatic carbocycles. The van der Waals surface area contributed by atoms with Gasteiger partial charge in [0, 0.05) is 11.1 Å². The first-order valence-electron chi connectivity index (χ1n) is 11.8. The molecule has 0 spiro atoms. The lowest BCUT2D eigenvalue weighted by Crippen LogP contribution is -2.50. The van der Waals surface area contributed by atoms with Crippen LogP contribution in [0.3, 0.4) is 0 Å². The summed E-state index contributed by atoms with van der Waals surface area (Å²) in [5.74, 6) is 0. The van der Waals surface area contributed by atoms with Crippen LogP contribution in [0.25, 0.3) is 0 Å². The maximum Gasteiger partial charge on any atom is 0.417 e. The first-order chi connectivity index (χ1) is 16.1. The molecule has 0 fully saturated rings. The third-order valence-electron chi connectivity index (χ3n) is 6.62. The zero-order valence-electron chi connectivity index (χ0n) is 20.8. The number of thioether (sulfide) groups is 1. The van der Waals surface area contributed by atoms with Gasteiger partial charge in [0.15, 0.2) is 9.92 Å². The standard InChI is InChI=1S/C24H34N4O5S2/c1-23(2,3)18-19(35(25,33)27-22(30)31)34-20(24(4,5)32)28(18)21(29)26-17-15-10-6-8-13(15)12-14-9-7-11-16(14)17/h12,20,32H,6-11H2,1-5H3,(H,26,29)(H,30,31)(H2,25,27,33). The Balaban J connectivity index is 1.83. The summed E-state index contributed by atoms with van der Waals surface area (Å²) in [5, 5.41) is 22.4. The Hall–Kier alpha value is -2.24. The van der Waals surface area contributed by atoms with Crippen LogP contribution < -0.4 is 10.0 Å². The number of carbonyl (C=O) groups is 2. The van der Waals surface area contributed by atoms with E-state index in [1.54, 1.807) is 18.6 Å². The molecule has 0 aromatic heterocycles. The highest BCUT2D eigenvalue weighted by Gasteiger charge is 2.50. The molecule has 35 heavy (non-hydrogen) atoms. The largest absolute Gasteiger partial charge is 0.464 e. The Labute approximate surface area is 210 Å². The molecule has 2 atom stereocenters. The van der Waals surface area contributed by atoms with Gasteiger partial charge in [-0.2, -0.15) is 0 Å². The van der Waals surface area contributed by atoms with Crippen molar-refractivity contribution in [1.82, 2.24) is 9.62 Å². The number of nitrogens with zero attached hydrogens (tertiary/aromatic N) is 1. The number of amides is 3. The number of allylic oxidation sites excluding steroid dienone is 1. The highest BCUT2D eigenvalue weighted by Crippen LogP contribution is 2.51. The number of hydrogen-bond acceptors (Lipinski definition) is 6. The lowest BCUT2D eigenvalue weighted by atomic mass is 9.91. The van der Waals surface area contributed by atoms with E-state index in [1.807, 2.05) is 20.8 Å². The van der Waals surface area contributed by atoms with Crippen LogP contribution in [0.5, 0.6) is 0 Å². The number of benzene rings is 1. The van der Waals surface area contributed by atoms with E-state index >= 15 is 0 Å². The van der Waals surface area contributed by atoms with Gasteiger partial charge >= 0.3 is 12.1 Å². The van der Waals surface area contributed by atoms with Crippen LogP contribution in [0.1, 0.15) is 69.7 Å². The summed E-state index contributed by atoms with van der Waals surface area (Å²) in [6, 6.07) is 1.79. The van der Waals surface area contributed by atoms with Crippen LogP contribution >= 0.6 is 11.8 Å². The molecule has 0 radical (unpaired) electrons. The normalized spacial score (nSPS) is 21.5. The monoisotopic (exact) mass is 522 g/mol. The van der Waals surface area contributed by atoms with Crippen molar-refractivity contribution in [3.63, 3.8) is 0 Å². The fourth-order valence-corrected chi connectivity index (χ4v) is 8.54. The van der Waals surface area contributed by atoms with Gasteiger partial charge in [-0.1, -0.05) is 38.6 Å². The van der Waals surface area contributed by atoms with Crippen LogP contribution in [-0.4, -0.2) is 42.4 Å². The van der Waals surface area contributed by atoms with E-state index in [4.69, 9.17) is 4.78 Å². The van der Waals surface area contributed by atoms with Crippen molar-refractivity contribution in [2.75, 3.05) is 5.32 Å². The van der Waals surface area contributed by atoms with Gasteiger partial charge in [0.1, 0.15) is 9.61 Å². The molecule has 3 amide bonds. The molecule has 192 valence electrons. The zero-order valence-corrected chi connectivity index (χ0v) is 22.4. The highest BCUT2D eigenvalue weighted by atomic mass is 32.3. The number of fused-ring (bicyclic) bond motifs is 2. The minimum absolute atomic E-state index is 0.0572. The number of aryl methyl sites for hydroxylation is 2. The van der Waals surface area contributed by atoms with Gasteiger partial charge in [-0.3, -0.25) is 4.90 Å². The molecule has 1 aliphatic heterocycles. The van der Waals surface area contributed by atoms with E-state index in [-0.39, 0.29) is 9.93 Å². The molecule has 3 aliphatic rings. The second kappa shape index (κ2) is 8.70. The van der Waals surface area contributed by atoms with E-state index in [0.717, 1.165) is 67.1 Å². The SMILES string of the molecule is CC(C)(C)C1=C(S(=N)(=O)NC(=O)O)SC(C(C)(C)O)N1C(=O)Nc1c2c(cc3c1CCC3)CCC2. The van der Waals surface area contributed by atoms with Crippen molar-refractivity contribution in [3.8, 4) is 0 Å². The van der Waals surface area contributed by atoms with Crippen LogP contribution in [0.4, 0.5) is 15.3 Å². The maximum absolute atomic E-state index is 14.0. The lowest BCUT2D eigenvalue weighted by molar-refractivity contribution is 0.0399. The van der Waals surface area contributed by atoms with Gasteiger partial charge in [0.05, 0.1) is 11.3 Å². The molecule has 0 bridgehead atoms. The van der Waals surface area contributed by atoms with E-state index in [9.17, 15) is 24.0 Å².